The smallest absolute Gasteiger partial charge is 0.410 e. The molecule has 1 N–H and O–H groups in total. The van der Waals surface area contributed by atoms with Gasteiger partial charge in [0.05, 0.1) is 11.7 Å². The van der Waals surface area contributed by atoms with Crippen molar-refractivity contribution < 1.29 is 17.9 Å². The lowest BCUT2D eigenvalue weighted by Gasteiger charge is -2.45. The van der Waals surface area contributed by atoms with Gasteiger partial charge in [-0.25, -0.2) is 9.78 Å². The van der Waals surface area contributed by atoms with Crippen LogP contribution in [0.5, 0.6) is 0 Å². The quantitative estimate of drug-likeness (QED) is 0.718. The van der Waals surface area contributed by atoms with E-state index >= 15 is 0 Å². The Morgan fingerprint density at radius 1 is 1.33 bits per heavy atom. The minimum atomic E-state index is -3.66. The number of halogens is 1. The van der Waals surface area contributed by atoms with Gasteiger partial charge in [0.15, 0.2) is 5.82 Å². The van der Waals surface area contributed by atoms with Crippen LogP contribution in [-0.2, 0) is 14.9 Å². The van der Waals surface area contributed by atoms with E-state index in [1.165, 1.54) is 14.1 Å². The fourth-order valence-electron chi connectivity index (χ4n) is 2.35. The molecule has 1 aliphatic rings. The molecule has 0 aromatic carbocycles. The highest BCUT2D eigenvalue weighted by Crippen LogP contribution is 2.32. The molecule has 0 bridgehead atoms. The Hall–Kier alpha value is -1.59. The van der Waals surface area contributed by atoms with Crippen molar-refractivity contribution in [1.82, 2.24) is 14.2 Å². The fraction of sp³-hybridized carbons (Fsp3) is 0.625. The number of carbonyl (C=O) groups is 1. The van der Waals surface area contributed by atoms with E-state index in [0.29, 0.717) is 29.1 Å². The molecule has 1 aromatic heterocycles. The summed E-state index contributed by atoms with van der Waals surface area (Å²) in [6.45, 7) is 6.52. The molecule has 27 heavy (non-hydrogen) atoms. The minimum Gasteiger partial charge on any atom is -0.444 e. The van der Waals surface area contributed by atoms with E-state index in [4.69, 9.17) is 4.74 Å². The first-order valence-electron chi connectivity index (χ1n) is 8.37. The number of amides is 1. The van der Waals surface area contributed by atoms with Crippen LogP contribution in [0.2, 0.25) is 0 Å². The monoisotopic (exact) mass is 463 g/mol. The van der Waals surface area contributed by atoms with Gasteiger partial charge in [0.25, 0.3) is 0 Å². The van der Waals surface area contributed by atoms with Crippen LogP contribution in [0.3, 0.4) is 0 Å². The maximum atomic E-state index is 12.2. The molecule has 1 aliphatic heterocycles. The Morgan fingerprint density at radius 2 is 1.93 bits per heavy atom. The van der Waals surface area contributed by atoms with Crippen LogP contribution in [0, 0.1) is 0 Å². The molecular weight excluding hydrogens is 438 g/mol. The summed E-state index contributed by atoms with van der Waals surface area (Å²) in [5, 5.41) is 0. The molecule has 9 nitrogen and oxygen atoms in total. The zero-order chi connectivity index (χ0) is 20.6. The number of likely N-dealkylation sites (N-methyl/N-ethyl adjacent to an activating group) is 1. The predicted molar refractivity (Wildman–Crippen MR) is 108 cm³/mol. The van der Waals surface area contributed by atoms with Crippen LogP contribution in [-0.4, -0.2) is 74.6 Å². The van der Waals surface area contributed by atoms with E-state index < -0.39 is 15.8 Å². The van der Waals surface area contributed by atoms with Crippen molar-refractivity contribution in [3.8, 4) is 0 Å². The number of aromatic nitrogens is 1. The fourth-order valence-corrected chi connectivity index (χ4v) is 3.29. The Morgan fingerprint density at radius 3 is 2.44 bits per heavy atom. The second kappa shape index (κ2) is 7.80. The van der Waals surface area contributed by atoms with Gasteiger partial charge in [-0.15, -0.1) is 0 Å². The SMILES string of the molecule is CN(C(=O)OC(C)(C)C)C1CN(c2ncc(Br)cc2NS(=O)(=O)N(C)C)C1. The van der Waals surface area contributed by atoms with Crippen molar-refractivity contribution in [2.24, 2.45) is 0 Å². The van der Waals surface area contributed by atoms with Crippen molar-refractivity contribution in [2.45, 2.75) is 32.4 Å². The molecule has 0 saturated carbocycles. The third-order valence-corrected chi connectivity index (χ3v) is 5.82. The van der Waals surface area contributed by atoms with Gasteiger partial charge < -0.3 is 14.5 Å². The van der Waals surface area contributed by atoms with Crippen molar-refractivity contribution >= 4 is 43.7 Å². The van der Waals surface area contributed by atoms with Gasteiger partial charge in [-0.05, 0) is 42.8 Å². The topological polar surface area (TPSA) is 95.1 Å². The predicted octanol–water partition coefficient (Wildman–Crippen LogP) is 2.12. The first kappa shape index (κ1) is 21.7. The molecule has 0 spiro atoms. The van der Waals surface area contributed by atoms with E-state index in [1.54, 1.807) is 24.2 Å². The molecule has 0 atom stereocenters. The van der Waals surface area contributed by atoms with Crippen LogP contribution in [0.1, 0.15) is 20.8 Å². The molecule has 1 aromatic rings. The second-order valence-electron chi connectivity index (χ2n) is 7.56. The van der Waals surface area contributed by atoms with Crippen LogP contribution in [0.4, 0.5) is 16.3 Å². The molecule has 0 aliphatic carbocycles. The van der Waals surface area contributed by atoms with Crippen LogP contribution < -0.4 is 9.62 Å². The zero-order valence-electron chi connectivity index (χ0n) is 16.4. The average Bonchev–Trinajstić information content (AvgIpc) is 2.45. The Labute approximate surface area is 169 Å². The third-order valence-electron chi connectivity index (χ3n) is 3.94. The molecular formula is C16H26BrN5O4S. The summed E-state index contributed by atoms with van der Waals surface area (Å²) < 4.78 is 34.0. The molecule has 1 saturated heterocycles. The highest BCUT2D eigenvalue weighted by molar-refractivity contribution is 9.10. The summed E-state index contributed by atoms with van der Waals surface area (Å²) >= 11 is 3.31. The van der Waals surface area contributed by atoms with Crippen molar-refractivity contribution in [3.05, 3.63) is 16.7 Å². The van der Waals surface area contributed by atoms with Gasteiger partial charge in [-0.2, -0.15) is 12.7 Å². The summed E-state index contributed by atoms with van der Waals surface area (Å²) in [5.74, 6) is 0.512. The number of hydrogen-bond donors (Lipinski definition) is 1. The van der Waals surface area contributed by atoms with E-state index in [-0.39, 0.29) is 12.1 Å². The highest BCUT2D eigenvalue weighted by atomic mass is 79.9. The molecule has 2 rings (SSSR count). The number of anilines is 2. The van der Waals surface area contributed by atoms with Gasteiger partial charge in [0.1, 0.15) is 5.60 Å². The summed E-state index contributed by atoms with van der Waals surface area (Å²) in [6, 6.07) is 1.62. The lowest BCUT2D eigenvalue weighted by atomic mass is 10.1. The molecule has 152 valence electrons. The molecule has 2 heterocycles. The van der Waals surface area contributed by atoms with Gasteiger partial charge in [-0.3, -0.25) is 4.72 Å². The lowest BCUT2D eigenvalue weighted by molar-refractivity contribution is 0.0196. The first-order chi connectivity index (χ1) is 12.3. The summed E-state index contributed by atoms with van der Waals surface area (Å²) in [6.07, 6.45) is 1.22. The minimum absolute atomic E-state index is 0.0383. The van der Waals surface area contributed by atoms with Crippen molar-refractivity contribution in [3.63, 3.8) is 0 Å². The van der Waals surface area contributed by atoms with Crippen molar-refractivity contribution in [2.75, 3.05) is 43.9 Å². The maximum absolute atomic E-state index is 12.2. The maximum Gasteiger partial charge on any atom is 0.410 e. The third kappa shape index (κ3) is 5.45. The summed E-state index contributed by atoms with van der Waals surface area (Å²) in [5.41, 5.74) is -0.184. The Kier molecular flexibility index (Phi) is 6.27. The largest absolute Gasteiger partial charge is 0.444 e. The van der Waals surface area contributed by atoms with E-state index in [1.807, 2.05) is 25.7 Å². The van der Waals surface area contributed by atoms with Gasteiger partial charge in [-0.1, -0.05) is 0 Å². The van der Waals surface area contributed by atoms with E-state index in [0.717, 1.165) is 4.31 Å². The Bertz CT molecular complexity index is 804. The normalized spacial score (nSPS) is 15.5. The summed E-state index contributed by atoms with van der Waals surface area (Å²) in [7, 11) is 0.929. The molecule has 1 fully saturated rings. The van der Waals surface area contributed by atoms with Gasteiger partial charge >= 0.3 is 16.3 Å². The number of rotatable bonds is 5. The Balaban J connectivity index is 2.10. The van der Waals surface area contributed by atoms with Crippen LogP contribution in [0.15, 0.2) is 16.7 Å². The summed E-state index contributed by atoms with van der Waals surface area (Å²) in [4.78, 5) is 20.0. The molecule has 0 radical (unpaired) electrons. The molecule has 11 heteroatoms. The van der Waals surface area contributed by atoms with Crippen molar-refractivity contribution in [1.29, 1.82) is 0 Å². The number of carbonyl (C=O) groups excluding carboxylic acids is 1. The highest BCUT2D eigenvalue weighted by Gasteiger charge is 2.36. The number of pyridine rings is 1. The standard InChI is InChI=1S/C16H26BrN5O4S/c1-16(2,3)26-15(23)21(6)12-9-22(10-12)14-13(7-11(17)8-18-14)19-27(24,25)20(4)5/h7-8,12,19H,9-10H2,1-6H3. The van der Waals surface area contributed by atoms with Crippen LogP contribution >= 0.6 is 15.9 Å². The number of nitrogens with one attached hydrogen (secondary N) is 1. The number of nitrogens with zero attached hydrogens (tertiary/aromatic N) is 4. The van der Waals surface area contributed by atoms with Gasteiger partial charge in [0, 0.05) is 44.9 Å². The molecule has 1 amide bonds. The van der Waals surface area contributed by atoms with Gasteiger partial charge in [0.2, 0.25) is 0 Å². The van der Waals surface area contributed by atoms with E-state index in [2.05, 4.69) is 25.6 Å². The lowest BCUT2D eigenvalue weighted by Crippen LogP contribution is -2.60. The number of hydrogen-bond acceptors (Lipinski definition) is 6. The average molecular weight is 464 g/mol. The zero-order valence-corrected chi connectivity index (χ0v) is 18.8. The second-order valence-corrected chi connectivity index (χ2v) is 10.4. The molecule has 0 unspecified atom stereocenters. The number of ether oxygens (including phenoxy) is 1. The van der Waals surface area contributed by atoms with E-state index in [9.17, 15) is 13.2 Å². The first-order valence-corrected chi connectivity index (χ1v) is 10.6. The van der Waals surface area contributed by atoms with Crippen LogP contribution in [0.25, 0.3) is 0 Å².